The Morgan fingerprint density at radius 2 is 2.36 bits per heavy atom. The Morgan fingerprint density at radius 1 is 1.57 bits per heavy atom. The Kier molecular flexibility index (Phi) is 5.52. The van der Waals surface area contributed by atoms with Crippen LogP contribution in [0.5, 0.6) is 0 Å². The van der Waals surface area contributed by atoms with E-state index in [0.717, 1.165) is 12.5 Å². The molecular formula is C10H18N2S2. The maximum absolute atomic E-state index is 4.29. The molecule has 2 atom stereocenters. The molecule has 0 saturated carbocycles. The van der Waals surface area contributed by atoms with Gasteiger partial charge in [0.05, 0.1) is 6.04 Å². The lowest BCUT2D eigenvalue weighted by molar-refractivity contribution is 0.500. The molecule has 0 bridgehead atoms. The second kappa shape index (κ2) is 6.43. The predicted octanol–water partition coefficient (Wildman–Crippen LogP) is 2.79. The van der Waals surface area contributed by atoms with Crippen LogP contribution < -0.4 is 5.32 Å². The van der Waals surface area contributed by atoms with Crippen LogP contribution in [0.2, 0.25) is 0 Å². The molecule has 0 radical (unpaired) electrons. The maximum Gasteiger partial charge on any atom is 0.109 e. The molecule has 1 aromatic rings. The number of nitrogens with one attached hydrogen (secondary N) is 1. The maximum atomic E-state index is 4.29. The molecule has 80 valence electrons. The average molecular weight is 230 g/mol. The van der Waals surface area contributed by atoms with Crippen LogP contribution in [0.25, 0.3) is 0 Å². The molecule has 2 unspecified atom stereocenters. The number of hydrogen-bond acceptors (Lipinski definition) is 4. The van der Waals surface area contributed by atoms with Crippen molar-refractivity contribution in [1.29, 1.82) is 0 Å². The van der Waals surface area contributed by atoms with Gasteiger partial charge in [-0.1, -0.05) is 6.92 Å². The Morgan fingerprint density at radius 3 is 2.93 bits per heavy atom. The van der Waals surface area contributed by atoms with Gasteiger partial charge in [0.1, 0.15) is 5.01 Å². The van der Waals surface area contributed by atoms with Gasteiger partial charge in [0.2, 0.25) is 0 Å². The summed E-state index contributed by atoms with van der Waals surface area (Å²) in [5.74, 6) is 1.95. The van der Waals surface area contributed by atoms with Gasteiger partial charge < -0.3 is 5.32 Å². The van der Waals surface area contributed by atoms with Crippen molar-refractivity contribution in [2.24, 2.45) is 5.92 Å². The minimum Gasteiger partial charge on any atom is -0.308 e. The summed E-state index contributed by atoms with van der Waals surface area (Å²) in [4.78, 5) is 4.29. The first-order valence-corrected chi connectivity index (χ1v) is 7.13. The highest BCUT2D eigenvalue weighted by Crippen LogP contribution is 2.15. The van der Waals surface area contributed by atoms with Crippen molar-refractivity contribution in [3.05, 3.63) is 16.6 Å². The molecule has 0 aromatic carbocycles. The molecule has 0 fully saturated rings. The lowest BCUT2D eigenvalue weighted by Gasteiger charge is -2.15. The van der Waals surface area contributed by atoms with Gasteiger partial charge in [-0.3, -0.25) is 0 Å². The first-order chi connectivity index (χ1) is 6.74. The van der Waals surface area contributed by atoms with E-state index < -0.39 is 0 Å². The smallest absolute Gasteiger partial charge is 0.109 e. The van der Waals surface area contributed by atoms with Crippen LogP contribution in [0, 0.1) is 5.92 Å². The molecular weight excluding hydrogens is 212 g/mol. The summed E-state index contributed by atoms with van der Waals surface area (Å²) in [7, 11) is 0. The molecule has 0 saturated heterocycles. The standard InChI is InChI=1S/C10H18N2S2/c1-8(7-13-3)6-12-9(2)10-11-4-5-14-10/h4-5,8-9,12H,6-7H2,1-3H3. The molecule has 0 spiro atoms. The third-order valence-electron chi connectivity index (χ3n) is 2.05. The van der Waals surface area contributed by atoms with E-state index in [-0.39, 0.29) is 0 Å². The SMILES string of the molecule is CSCC(C)CNC(C)c1nccs1. The highest BCUT2D eigenvalue weighted by atomic mass is 32.2. The summed E-state index contributed by atoms with van der Waals surface area (Å²) < 4.78 is 0. The third kappa shape index (κ3) is 3.98. The molecule has 1 N–H and O–H groups in total. The molecule has 2 nitrogen and oxygen atoms in total. The van der Waals surface area contributed by atoms with Gasteiger partial charge in [-0.05, 0) is 31.4 Å². The van der Waals surface area contributed by atoms with Gasteiger partial charge in [-0.25, -0.2) is 4.98 Å². The molecule has 4 heteroatoms. The van der Waals surface area contributed by atoms with E-state index in [1.165, 1.54) is 10.8 Å². The van der Waals surface area contributed by atoms with Crippen molar-refractivity contribution in [2.75, 3.05) is 18.6 Å². The van der Waals surface area contributed by atoms with E-state index in [1.54, 1.807) is 11.3 Å². The van der Waals surface area contributed by atoms with Crippen molar-refractivity contribution < 1.29 is 0 Å². The zero-order chi connectivity index (χ0) is 10.4. The minimum absolute atomic E-state index is 0.388. The monoisotopic (exact) mass is 230 g/mol. The number of hydrogen-bond donors (Lipinski definition) is 1. The van der Waals surface area contributed by atoms with Gasteiger partial charge in [0.25, 0.3) is 0 Å². The molecule has 1 aromatic heterocycles. The van der Waals surface area contributed by atoms with Crippen molar-refractivity contribution >= 4 is 23.1 Å². The summed E-state index contributed by atoms with van der Waals surface area (Å²) >= 11 is 3.62. The van der Waals surface area contributed by atoms with Crippen LogP contribution >= 0.6 is 23.1 Å². The summed E-state index contributed by atoms with van der Waals surface area (Å²) in [6, 6.07) is 0.388. The summed E-state index contributed by atoms with van der Waals surface area (Å²) in [5.41, 5.74) is 0. The predicted molar refractivity (Wildman–Crippen MR) is 66.1 cm³/mol. The molecule has 1 heterocycles. The van der Waals surface area contributed by atoms with Crippen LogP contribution in [-0.2, 0) is 0 Å². The fraction of sp³-hybridized carbons (Fsp3) is 0.700. The lowest BCUT2D eigenvalue weighted by Crippen LogP contribution is -2.25. The lowest BCUT2D eigenvalue weighted by atomic mass is 10.2. The number of thioether (sulfide) groups is 1. The van der Waals surface area contributed by atoms with Gasteiger partial charge in [0.15, 0.2) is 0 Å². The molecule has 0 aliphatic rings. The second-order valence-corrected chi connectivity index (χ2v) is 5.40. The van der Waals surface area contributed by atoms with Gasteiger partial charge in [-0.15, -0.1) is 11.3 Å². The molecule has 1 rings (SSSR count). The third-order valence-corrected chi connectivity index (χ3v) is 3.91. The first kappa shape index (κ1) is 12.0. The Bertz CT molecular complexity index is 236. The molecule has 14 heavy (non-hydrogen) atoms. The summed E-state index contributed by atoms with van der Waals surface area (Å²) in [6.45, 7) is 5.52. The summed E-state index contributed by atoms with van der Waals surface area (Å²) in [6.07, 6.45) is 4.02. The normalized spacial score (nSPS) is 15.4. The van der Waals surface area contributed by atoms with E-state index in [9.17, 15) is 0 Å². The topological polar surface area (TPSA) is 24.9 Å². The van der Waals surface area contributed by atoms with Crippen molar-refractivity contribution in [2.45, 2.75) is 19.9 Å². The molecule has 0 aliphatic heterocycles. The highest BCUT2D eigenvalue weighted by Gasteiger charge is 2.08. The Balaban J connectivity index is 2.24. The van der Waals surface area contributed by atoms with Gasteiger partial charge >= 0.3 is 0 Å². The quantitative estimate of drug-likeness (QED) is 0.813. The average Bonchev–Trinajstić information content (AvgIpc) is 2.67. The van der Waals surface area contributed by atoms with Crippen LogP contribution in [0.15, 0.2) is 11.6 Å². The second-order valence-electron chi connectivity index (χ2n) is 3.56. The Hall–Kier alpha value is -0.0600. The van der Waals surface area contributed by atoms with Gasteiger partial charge in [0, 0.05) is 11.6 Å². The highest BCUT2D eigenvalue weighted by molar-refractivity contribution is 7.98. The Labute approximate surface area is 94.5 Å². The van der Waals surface area contributed by atoms with E-state index in [1.807, 2.05) is 23.3 Å². The number of nitrogens with zero attached hydrogens (tertiary/aromatic N) is 1. The number of rotatable bonds is 6. The summed E-state index contributed by atoms with van der Waals surface area (Å²) in [5, 5.41) is 6.71. The van der Waals surface area contributed by atoms with Crippen LogP contribution in [0.3, 0.4) is 0 Å². The van der Waals surface area contributed by atoms with Crippen LogP contribution in [0.4, 0.5) is 0 Å². The zero-order valence-corrected chi connectivity index (χ0v) is 10.6. The van der Waals surface area contributed by atoms with Crippen molar-refractivity contribution in [1.82, 2.24) is 10.3 Å². The van der Waals surface area contributed by atoms with Crippen LogP contribution in [0.1, 0.15) is 24.9 Å². The van der Waals surface area contributed by atoms with Crippen molar-refractivity contribution in [3.8, 4) is 0 Å². The fourth-order valence-electron chi connectivity index (χ4n) is 1.26. The van der Waals surface area contributed by atoms with E-state index >= 15 is 0 Å². The van der Waals surface area contributed by atoms with Crippen LogP contribution in [-0.4, -0.2) is 23.5 Å². The van der Waals surface area contributed by atoms with Gasteiger partial charge in [-0.2, -0.15) is 11.8 Å². The molecule has 0 aliphatic carbocycles. The first-order valence-electron chi connectivity index (χ1n) is 4.85. The minimum atomic E-state index is 0.388. The van der Waals surface area contributed by atoms with E-state index in [0.29, 0.717) is 6.04 Å². The number of thiazole rings is 1. The van der Waals surface area contributed by atoms with Crippen molar-refractivity contribution in [3.63, 3.8) is 0 Å². The van der Waals surface area contributed by atoms with E-state index in [4.69, 9.17) is 0 Å². The number of aromatic nitrogens is 1. The zero-order valence-electron chi connectivity index (χ0n) is 8.99. The fourth-order valence-corrected chi connectivity index (χ4v) is 2.61. The largest absolute Gasteiger partial charge is 0.308 e. The van der Waals surface area contributed by atoms with E-state index in [2.05, 4.69) is 30.4 Å². The molecule has 0 amide bonds.